The van der Waals surface area contributed by atoms with Gasteiger partial charge in [-0.2, -0.15) is 0 Å². The van der Waals surface area contributed by atoms with E-state index >= 15 is 0 Å². The van der Waals surface area contributed by atoms with Crippen LogP contribution in [0.1, 0.15) is 12.0 Å². The van der Waals surface area contributed by atoms with Crippen LogP contribution in [-0.4, -0.2) is 19.8 Å². The van der Waals surface area contributed by atoms with Gasteiger partial charge in [0.15, 0.2) is 11.5 Å². The molecule has 0 spiro atoms. The Kier molecular flexibility index (Phi) is 2.92. The van der Waals surface area contributed by atoms with Crippen LogP contribution in [0.15, 0.2) is 24.8 Å². The van der Waals surface area contributed by atoms with E-state index in [1.807, 2.05) is 18.2 Å². The summed E-state index contributed by atoms with van der Waals surface area (Å²) in [6, 6.07) is 5.88. The molecule has 0 bridgehead atoms. The molecule has 0 unspecified atom stereocenters. The van der Waals surface area contributed by atoms with Crippen LogP contribution in [0, 0.1) is 0 Å². The van der Waals surface area contributed by atoms with Crippen molar-refractivity contribution in [1.29, 1.82) is 0 Å². The van der Waals surface area contributed by atoms with Gasteiger partial charge in [0.2, 0.25) is 0 Å². The topological polar surface area (TPSA) is 44.5 Å². The Hall–Kier alpha value is -1.48. The van der Waals surface area contributed by atoms with Crippen molar-refractivity contribution in [3.8, 4) is 11.5 Å². The van der Waals surface area contributed by atoms with Crippen LogP contribution < -0.4 is 15.2 Å². The molecule has 0 fully saturated rings. The summed E-state index contributed by atoms with van der Waals surface area (Å²) >= 11 is 0. The van der Waals surface area contributed by atoms with Gasteiger partial charge >= 0.3 is 0 Å². The highest BCUT2D eigenvalue weighted by Gasteiger charge is 2.12. The van der Waals surface area contributed by atoms with E-state index in [4.69, 9.17) is 15.2 Å². The van der Waals surface area contributed by atoms with Crippen molar-refractivity contribution in [2.24, 2.45) is 5.73 Å². The predicted molar refractivity (Wildman–Crippen MR) is 60.1 cm³/mol. The number of benzene rings is 1. The van der Waals surface area contributed by atoms with Crippen LogP contribution >= 0.6 is 0 Å². The van der Waals surface area contributed by atoms with Crippen molar-refractivity contribution in [1.82, 2.24) is 0 Å². The lowest BCUT2D eigenvalue weighted by Gasteiger charge is -2.19. The zero-order valence-electron chi connectivity index (χ0n) is 8.66. The molecule has 3 heteroatoms. The molecule has 0 atom stereocenters. The van der Waals surface area contributed by atoms with E-state index in [0.29, 0.717) is 19.8 Å². The van der Waals surface area contributed by atoms with Crippen molar-refractivity contribution in [3.05, 3.63) is 30.3 Å². The fraction of sp³-hybridized carbons (Fsp3) is 0.333. The van der Waals surface area contributed by atoms with Crippen LogP contribution in [0.25, 0.3) is 5.57 Å². The molecule has 1 aromatic carbocycles. The largest absolute Gasteiger partial charge is 0.486 e. The summed E-state index contributed by atoms with van der Waals surface area (Å²) in [6.45, 7) is 5.84. The van der Waals surface area contributed by atoms with Gasteiger partial charge in [-0.3, -0.25) is 0 Å². The quantitative estimate of drug-likeness (QED) is 0.818. The van der Waals surface area contributed by atoms with Crippen molar-refractivity contribution in [3.63, 3.8) is 0 Å². The van der Waals surface area contributed by atoms with Gasteiger partial charge in [-0.25, -0.2) is 0 Å². The van der Waals surface area contributed by atoms with Crippen LogP contribution in [-0.2, 0) is 0 Å². The molecule has 0 saturated carbocycles. The molecule has 1 aliphatic heterocycles. The van der Waals surface area contributed by atoms with Gasteiger partial charge in [-0.05, 0) is 36.2 Å². The monoisotopic (exact) mass is 205 g/mol. The first-order chi connectivity index (χ1) is 7.31. The van der Waals surface area contributed by atoms with Gasteiger partial charge in [0.1, 0.15) is 13.2 Å². The molecule has 80 valence electrons. The molecule has 0 aliphatic carbocycles. The average Bonchev–Trinajstić information content (AvgIpc) is 2.29. The third-order valence-corrected chi connectivity index (χ3v) is 2.40. The molecule has 1 aliphatic rings. The van der Waals surface area contributed by atoms with Crippen molar-refractivity contribution >= 4 is 5.57 Å². The first-order valence-electron chi connectivity index (χ1n) is 5.09. The van der Waals surface area contributed by atoms with Gasteiger partial charge in [0.25, 0.3) is 0 Å². The van der Waals surface area contributed by atoms with E-state index < -0.39 is 0 Å². The summed E-state index contributed by atoms with van der Waals surface area (Å²) in [7, 11) is 0. The normalized spacial score (nSPS) is 13.7. The first kappa shape index (κ1) is 10.1. The molecule has 0 aromatic heterocycles. The van der Waals surface area contributed by atoms with E-state index in [1.54, 1.807) is 0 Å². The van der Waals surface area contributed by atoms with E-state index in [2.05, 4.69) is 6.58 Å². The third-order valence-electron chi connectivity index (χ3n) is 2.40. The lowest BCUT2D eigenvalue weighted by molar-refractivity contribution is 0.171. The number of hydrogen-bond donors (Lipinski definition) is 1. The zero-order chi connectivity index (χ0) is 10.7. The SMILES string of the molecule is C=C(CCN)c1ccc2c(c1)OCCO2. The lowest BCUT2D eigenvalue weighted by Crippen LogP contribution is -2.15. The van der Waals surface area contributed by atoms with Crippen LogP contribution in [0.4, 0.5) is 0 Å². The molecule has 0 amide bonds. The summed E-state index contributed by atoms with van der Waals surface area (Å²) in [4.78, 5) is 0. The third kappa shape index (κ3) is 2.13. The summed E-state index contributed by atoms with van der Waals surface area (Å²) in [6.07, 6.45) is 0.805. The van der Waals surface area contributed by atoms with E-state index in [9.17, 15) is 0 Å². The molecule has 1 aromatic rings. The van der Waals surface area contributed by atoms with Crippen molar-refractivity contribution in [2.75, 3.05) is 19.8 Å². The maximum Gasteiger partial charge on any atom is 0.161 e. The molecular weight excluding hydrogens is 190 g/mol. The fourth-order valence-electron chi connectivity index (χ4n) is 1.58. The Bertz CT molecular complexity index is 374. The Morgan fingerprint density at radius 2 is 2.00 bits per heavy atom. The van der Waals surface area contributed by atoms with Crippen molar-refractivity contribution in [2.45, 2.75) is 6.42 Å². The number of fused-ring (bicyclic) bond motifs is 1. The Labute approximate surface area is 89.5 Å². The smallest absolute Gasteiger partial charge is 0.161 e. The Morgan fingerprint density at radius 3 is 2.73 bits per heavy atom. The Balaban J connectivity index is 2.24. The molecule has 2 N–H and O–H groups in total. The predicted octanol–water partition coefficient (Wildman–Crippen LogP) is 1.82. The second-order valence-corrected chi connectivity index (χ2v) is 3.50. The minimum atomic E-state index is 0.611. The fourth-order valence-corrected chi connectivity index (χ4v) is 1.58. The molecular formula is C12H15NO2. The lowest BCUT2D eigenvalue weighted by atomic mass is 10.0. The first-order valence-corrected chi connectivity index (χ1v) is 5.09. The molecule has 2 rings (SSSR count). The maximum atomic E-state index is 5.50. The number of hydrogen-bond acceptors (Lipinski definition) is 3. The van der Waals surface area contributed by atoms with Gasteiger partial charge in [0, 0.05) is 0 Å². The molecule has 15 heavy (non-hydrogen) atoms. The molecule has 0 radical (unpaired) electrons. The number of nitrogens with two attached hydrogens (primary N) is 1. The van der Waals surface area contributed by atoms with Crippen LogP contribution in [0.5, 0.6) is 11.5 Å². The van der Waals surface area contributed by atoms with Gasteiger partial charge in [0.05, 0.1) is 0 Å². The van der Waals surface area contributed by atoms with Crippen LogP contribution in [0.2, 0.25) is 0 Å². The van der Waals surface area contributed by atoms with Gasteiger partial charge in [-0.1, -0.05) is 12.6 Å². The molecule has 3 nitrogen and oxygen atoms in total. The zero-order valence-corrected chi connectivity index (χ0v) is 8.66. The Morgan fingerprint density at radius 1 is 1.27 bits per heavy atom. The molecule has 1 heterocycles. The van der Waals surface area contributed by atoms with Gasteiger partial charge < -0.3 is 15.2 Å². The second kappa shape index (κ2) is 4.36. The number of ether oxygens (including phenoxy) is 2. The van der Waals surface area contributed by atoms with E-state index in [-0.39, 0.29) is 0 Å². The number of rotatable bonds is 3. The average molecular weight is 205 g/mol. The van der Waals surface area contributed by atoms with Crippen LogP contribution in [0.3, 0.4) is 0 Å². The minimum absolute atomic E-state index is 0.611. The maximum absolute atomic E-state index is 5.50. The van der Waals surface area contributed by atoms with E-state index in [1.165, 1.54) is 0 Å². The molecule has 0 saturated heterocycles. The summed E-state index contributed by atoms with van der Waals surface area (Å²) in [5.74, 6) is 1.61. The highest BCUT2D eigenvalue weighted by molar-refractivity contribution is 5.66. The van der Waals surface area contributed by atoms with E-state index in [0.717, 1.165) is 29.1 Å². The highest BCUT2D eigenvalue weighted by atomic mass is 16.6. The van der Waals surface area contributed by atoms with Crippen molar-refractivity contribution < 1.29 is 9.47 Å². The minimum Gasteiger partial charge on any atom is -0.486 e. The summed E-state index contributed by atoms with van der Waals surface area (Å²) < 4.78 is 10.9. The summed E-state index contributed by atoms with van der Waals surface area (Å²) in [5, 5.41) is 0. The standard InChI is InChI=1S/C12H15NO2/c1-9(4-5-13)10-2-3-11-12(8-10)15-7-6-14-11/h2-3,8H,1,4-7,13H2. The van der Waals surface area contributed by atoms with Gasteiger partial charge in [-0.15, -0.1) is 0 Å². The second-order valence-electron chi connectivity index (χ2n) is 3.50. The summed E-state index contributed by atoms with van der Waals surface area (Å²) in [5.41, 5.74) is 7.60. The highest BCUT2D eigenvalue weighted by Crippen LogP contribution is 2.32.